The van der Waals surface area contributed by atoms with E-state index in [1.165, 1.54) is 11.8 Å². The van der Waals surface area contributed by atoms with Gasteiger partial charge in [-0.15, -0.1) is 11.8 Å². The molecule has 0 saturated heterocycles. The fraction of sp³-hybridized carbons (Fsp3) is 0.636. The Morgan fingerprint density at radius 1 is 1.60 bits per heavy atom. The molecule has 0 aromatic heterocycles. The van der Waals surface area contributed by atoms with Crippen LogP contribution in [0, 0.1) is 5.92 Å². The molecule has 0 amide bonds. The molecule has 1 atom stereocenters. The minimum absolute atomic E-state index is 0.118. The average Bonchev–Trinajstić information content (AvgIpc) is 2.22. The summed E-state index contributed by atoms with van der Waals surface area (Å²) in [6, 6.07) is 0. The average molecular weight is 229 g/mol. The molecule has 0 aromatic rings. The van der Waals surface area contributed by atoms with Crippen LogP contribution in [-0.4, -0.2) is 29.6 Å². The van der Waals surface area contributed by atoms with Crippen LogP contribution < -0.4 is 0 Å². The van der Waals surface area contributed by atoms with Crippen molar-refractivity contribution in [3.8, 4) is 0 Å². The lowest BCUT2D eigenvalue weighted by Crippen LogP contribution is -2.03. The first-order chi connectivity index (χ1) is 7.01. The molecule has 0 aromatic carbocycles. The molecule has 0 bridgehead atoms. The van der Waals surface area contributed by atoms with Gasteiger partial charge in [0.15, 0.2) is 0 Å². The second-order valence-electron chi connectivity index (χ2n) is 3.40. The number of aliphatic carboxylic acids is 1. The van der Waals surface area contributed by atoms with Gasteiger partial charge in [0.25, 0.3) is 0 Å². The predicted octanol–water partition coefficient (Wildman–Crippen LogP) is 2.82. The van der Waals surface area contributed by atoms with Gasteiger partial charge in [-0.3, -0.25) is 9.79 Å². The molecule has 0 radical (unpaired) electrons. The molecule has 3 nitrogen and oxygen atoms in total. The molecule has 15 heavy (non-hydrogen) atoms. The molecule has 1 N–H and O–H groups in total. The highest BCUT2D eigenvalue weighted by Crippen LogP contribution is 2.26. The molecular weight excluding hydrogens is 210 g/mol. The summed E-state index contributed by atoms with van der Waals surface area (Å²) in [4.78, 5) is 15.6. The number of rotatable bonds is 6. The quantitative estimate of drug-likeness (QED) is 0.712. The van der Waals surface area contributed by atoms with E-state index in [0.29, 0.717) is 5.92 Å². The van der Waals surface area contributed by atoms with Gasteiger partial charge in [-0.2, -0.15) is 0 Å². The van der Waals surface area contributed by atoms with Crippen LogP contribution in [0.25, 0.3) is 0 Å². The number of thioether (sulfide) groups is 1. The van der Waals surface area contributed by atoms with Gasteiger partial charge < -0.3 is 5.11 Å². The summed E-state index contributed by atoms with van der Waals surface area (Å²) >= 11 is 1.39. The van der Waals surface area contributed by atoms with E-state index in [2.05, 4.69) is 18.8 Å². The molecule has 0 aliphatic carbocycles. The van der Waals surface area contributed by atoms with Crippen LogP contribution in [0.2, 0.25) is 0 Å². The minimum atomic E-state index is -0.778. The minimum Gasteiger partial charge on any atom is -0.481 e. The molecule has 86 valence electrons. The van der Waals surface area contributed by atoms with Gasteiger partial charge in [-0.05, 0) is 30.2 Å². The van der Waals surface area contributed by atoms with Gasteiger partial charge >= 0.3 is 5.97 Å². The van der Waals surface area contributed by atoms with E-state index in [1.54, 1.807) is 7.05 Å². The third-order valence-corrected chi connectivity index (χ3v) is 3.41. The Balaban J connectivity index is 4.58. The molecule has 0 heterocycles. The Morgan fingerprint density at radius 2 is 2.20 bits per heavy atom. The summed E-state index contributed by atoms with van der Waals surface area (Å²) in [7, 11) is 1.74. The lowest BCUT2D eigenvalue weighted by molar-refractivity contribution is -0.133. The first-order valence-corrected chi connectivity index (χ1v) is 5.99. The SMILES string of the molecule is CCC(C)/C(=C\C(C)=NC)SCC(=O)O. The fourth-order valence-electron chi connectivity index (χ4n) is 0.943. The summed E-state index contributed by atoms with van der Waals surface area (Å²) in [5, 5.41) is 8.63. The van der Waals surface area contributed by atoms with E-state index >= 15 is 0 Å². The molecule has 0 aliphatic heterocycles. The van der Waals surface area contributed by atoms with Gasteiger partial charge in [0.1, 0.15) is 0 Å². The highest BCUT2D eigenvalue weighted by atomic mass is 32.2. The van der Waals surface area contributed by atoms with Crippen molar-refractivity contribution in [1.82, 2.24) is 0 Å². The molecule has 0 fully saturated rings. The van der Waals surface area contributed by atoms with Crippen molar-refractivity contribution in [2.24, 2.45) is 10.9 Å². The van der Waals surface area contributed by atoms with Crippen molar-refractivity contribution in [2.75, 3.05) is 12.8 Å². The van der Waals surface area contributed by atoms with Gasteiger partial charge in [-0.1, -0.05) is 13.8 Å². The smallest absolute Gasteiger partial charge is 0.313 e. The van der Waals surface area contributed by atoms with Gasteiger partial charge in [-0.25, -0.2) is 0 Å². The highest BCUT2D eigenvalue weighted by Gasteiger charge is 2.09. The maximum Gasteiger partial charge on any atom is 0.313 e. The van der Waals surface area contributed by atoms with E-state index in [-0.39, 0.29) is 5.75 Å². The Bertz CT molecular complexity index is 272. The third-order valence-electron chi connectivity index (χ3n) is 2.16. The summed E-state index contributed by atoms with van der Waals surface area (Å²) in [6.07, 6.45) is 2.98. The van der Waals surface area contributed by atoms with Crippen molar-refractivity contribution >= 4 is 23.4 Å². The number of hydrogen-bond acceptors (Lipinski definition) is 3. The Hall–Kier alpha value is -0.770. The lowest BCUT2D eigenvalue weighted by Gasteiger charge is -2.12. The summed E-state index contributed by atoms with van der Waals surface area (Å²) < 4.78 is 0. The maximum absolute atomic E-state index is 10.5. The highest BCUT2D eigenvalue weighted by molar-refractivity contribution is 8.03. The zero-order valence-electron chi connectivity index (χ0n) is 9.78. The number of aliphatic imine (C=N–C) groups is 1. The van der Waals surface area contributed by atoms with Gasteiger partial charge in [0.05, 0.1) is 5.75 Å². The second kappa shape index (κ2) is 7.51. The number of carboxylic acids is 1. The van der Waals surface area contributed by atoms with Crippen molar-refractivity contribution in [2.45, 2.75) is 27.2 Å². The van der Waals surface area contributed by atoms with E-state index in [4.69, 9.17) is 5.11 Å². The van der Waals surface area contributed by atoms with Crippen LogP contribution in [0.4, 0.5) is 0 Å². The molecular formula is C11H19NO2S. The topological polar surface area (TPSA) is 49.7 Å². The van der Waals surface area contributed by atoms with Crippen LogP contribution in [0.1, 0.15) is 27.2 Å². The number of carbonyl (C=O) groups is 1. The summed E-state index contributed by atoms with van der Waals surface area (Å²) in [5.41, 5.74) is 0.934. The molecule has 4 heteroatoms. The largest absolute Gasteiger partial charge is 0.481 e. The number of hydrogen-bond donors (Lipinski definition) is 1. The Morgan fingerprint density at radius 3 is 2.60 bits per heavy atom. The summed E-state index contributed by atoms with van der Waals surface area (Å²) in [5.74, 6) is -0.265. The van der Waals surface area contributed by atoms with Crippen LogP contribution in [-0.2, 0) is 4.79 Å². The zero-order valence-corrected chi connectivity index (χ0v) is 10.6. The Kier molecular flexibility index (Phi) is 7.13. The van der Waals surface area contributed by atoms with E-state index in [1.807, 2.05) is 13.0 Å². The number of nitrogens with zero attached hydrogens (tertiary/aromatic N) is 1. The Labute approximate surface area is 95.7 Å². The van der Waals surface area contributed by atoms with Crippen LogP contribution >= 0.6 is 11.8 Å². The fourth-order valence-corrected chi connectivity index (χ4v) is 1.94. The van der Waals surface area contributed by atoms with Crippen molar-refractivity contribution in [3.05, 3.63) is 11.0 Å². The maximum atomic E-state index is 10.5. The van der Waals surface area contributed by atoms with Crippen molar-refractivity contribution in [3.63, 3.8) is 0 Å². The summed E-state index contributed by atoms with van der Waals surface area (Å²) in [6.45, 7) is 6.12. The number of carboxylic acid groups (broad SMARTS) is 1. The number of allylic oxidation sites excluding steroid dienone is 2. The molecule has 0 rings (SSSR count). The lowest BCUT2D eigenvalue weighted by atomic mass is 10.1. The first-order valence-electron chi connectivity index (χ1n) is 5.00. The van der Waals surface area contributed by atoms with Crippen molar-refractivity contribution < 1.29 is 9.90 Å². The normalized spacial score (nSPS) is 15.2. The zero-order chi connectivity index (χ0) is 11.8. The third kappa shape index (κ3) is 6.33. The van der Waals surface area contributed by atoms with E-state index in [9.17, 15) is 4.79 Å². The van der Waals surface area contributed by atoms with Gasteiger partial charge in [0.2, 0.25) is 0 Å². The molecule has 0 spiro atoms. The molecule has 0 saturated carbocycles. The van der Waals surface area contributed by atoms with Crippen LogP contribution in [0.5, 0.6) is 0 Å². The van der Waals surface area contributed by atoms with E-state index in [0.717, 1.165) is 17.0 Å². The molecule has 0 aliphatic rings. The molecule has 1 unspecified atom stereocenters. The monoisotopic (exact) mass is 229 g/mol. The van der Waals surface area contributed by atoms with Crippen molar-refractivity contribution in [1.29, 1.82) is 0 Å². The standard InChI is InChI=1S/C11H19NO2S/c1-5-8(2)10(6-9(3)12-4)15-7-11(13)14/h6,8H,5,7H2,1-4H3,(H,13,14)/b10-6+,12-9?. The predicted molar refractivity (Wildman–Crippen MR) is 66.7 cm³/mol. The van der Waals surface area contributed by atoms with E-state index < -0.39 is 5.97 Å². The van der Waals surface area contributed by atoms with Crippen LogP contribution in [0.3, 0.4) is 0 Å². The van der Waals surface area contributed by atoms with Gasteiger partial charge in [0, 0.05) is 12.8 Å². The first kappa shape index (κ1) is 14.2. The van der Waals surface area contributed by atoms with Crippen LogP contribution in [0.15, 0.2) is 16.0 Å². The second-order valence-corrected chi connectivity index (χ2v) is 4.45.